The maximum absolute atomic E-state index is 12.8. The van der Waals surface area contributed by atoms with Crippen LogP contribution in [-0.2, 0) is 19.1 Å². The van der Waals surface area contributed by atoms with E-state index < -0.39 is 23.7 Å². The van der Waals surface area contributed by atoms with E-state index in [1.165, 1.54) is 18.9 Å². The second-order valence-corrected chi connectivity index (χ2v) is 7.09. The van der Waals surface area contributed by atoms with Crippen LogP contribution in [0.2, 0.25) is 5.02 Å². The quantitative estimate of drug-likeness (QED) is 0.249. The molecule has 156 valence electrons. The summed E-state index contributed by atoms with van der Waals surface area (Å²) in [4.78, 5) is 38.2. The van der Waals surface area contributed by atoms with E-state index in [0.717, 1.165) is 0 Å². The van der Waals surface area contributed by atoms with Gasteiger partial charge < -0.3 is 19.5 Å². The highest BCUT2D eigenvalue weighted by atomic mass is 35.5. The third-order valence-electron chi connectivity index (χ3n) is 4.63. The summed E-state index contributed by atoms with van der Waals surface area (Å²) in [6, 6.07) is 11.9. The number of halogens is 1. The molecule has 1 amide bonds. The number of methoxy groups -OCH3 is 1. The highest BCUT2D eigenvalue weighted by Gasteiger charge is 2.46. The topological polar surface area (TPSA) is 93.1 Å². The van der Waals surface area contributed by atoms with Crippen molar-refractivity contribution in [2.75, 3.05) is 20.3 Å². The Kier molecular flexibility index (Phi) is 6.54. The zero-order chi connectivity index (χ0) is 21.8. The van der Waals surface area contributed by atoms with Crippen molar-refractivity contribution < 1.29 is 29.0 Å². The largest absolute Gasteiger partial charge is 0.507 e. The van der Waals surface area contributed by atoms with E-state index >= 15 is 0 Å². The molecular weight excluding hydrogens is 410 g/mol. The Morgan fingerprint density at radius 1 is 1.17 bits per heavy atom. The first-order valence-electron chi connectivity index (χ1n) is 9.15. The minimum atomic E-state index is -0.869. The monoisotopic (exact) mass is 429 g/mol. The molecule has 1 saturated heterocycles. The molecule has 0 radical (unpaired) electrons. The van der Waals surface area contributed by atoms with Crippen molar-refractivity contribution in [1.82, 2.24) is 4.90 Å². The number of rotatable bonds is 6. The number of hydrogen-bond donors (Lipinski definition) is 1. The summed E-state index contributed by atoms with van der Waals surface area (Å²) in [7, 11) is 1.49. The number of amides is 1. The second kappa shape index (κ2) is 9.11. The number of ether oxygens (including phenoxy) is 2. The van der Waals surface area contributed by atoms with Gasteiger partial charge in [-0.3, -0.25) is 14.4 Å². The maximum atomic E-state index is 12.8. The summed E-state index contributed by atoms with van der Waals surface area (Å²) in [6.07, 6.45) is 0. The SMILES string of the molecule is COCCN1C(=O)C(=O)/C(=C(\O)c2ccc(Cl)cc2)C1c1cccc(OC(C)=O)c1. The molecule has 0 aromatic heterocycles. The van der Waals surface area contributed by atoms with Gasteiger partial charge in [0.15, 0.2) is 0 Å². The number of carbonyl (C=O) groups excluding carboxylic acids is 3. The van der Waals surface area contributed by atoms with E-state index in [1.807, 2.05) is 0 Å². The average Bonchev–Trinajstić information content (AvgIpc) is 2.96. The van der Waals surface area contributed by atoms with Gasteiger partial charge in [-0.2, -0.15) is 0 Å². The van der Waals surface area contributed by atoms with Gasteiger partial charge in [-0.1, -0.05) is 23.7 Å². The van der Waals surface area contributed by atoms with Gasteiger partial charge in [0.1, 0.15) is 11.5 Å². The van der Waals surface area contributed by atoms with E-state index in [0.29, 0.717) is 16.1 Å². The minimum Gasteiger partial charge on any atom is -0.507 e. The Morgan fingerprint density at radius 3 is 2.50 bits per heavy atom. The van der Waals surface area contributed by atoms with Crippen LogP contribution in [0.15, 0.2) is 54.1 Å². The molecule has 2 aromatic carbocycles. The number of esters is 1. The number of ketones is 1. The lowest BCUT2D eigenvalue weighted by Crippen LogP contribution is -2.32. The van der Waals surface area contributed by atoms with Crippen molar-refractivity contribution >= 4 is 35.0 Å². The molecule has 0 bridgehead atoms. The zero-order valence-corrected chi connectivity index (χ0v) is 17.2. The fourth-order valence-electron chi connectivity index (χ4n) is 3.32. The van der Waals surface area contributed by atoms with Crippen LogP contribution in [0.5, 0.6) is 5.75 Å². The predicted molar refractivity (Wildman–Crippen MR) is 110 cm³/mol. The van der Waals surface area contributed by atoms with Crippen LogP contribution < -0.4 is 4.74 Å². The van der Waals surface area contributed by atoms with Gasteiger partial charge in [-0.15, -0.1) is 0 Å². The lowest BCUT2D eigenvalue weighted by molar-refractivity contribution is -0.140. The molecule has 8 heteroatoms. The van der Waals surface area contributed by atoms with E-state index in [2.05, 4.69) is 0 Å². The summed E-state index contributed by atoms with van der Waals surface area (Å²) in [5.74, 6) is -2.09. The minimum absolute atomic E-state index is 0.0570. The van der Waals surface area contributed by atoms with Crippen molar-refractivity contribution in [3.05, 3.63) is 70.3 Å². The fraction of sp³-hybridized carbons (Fsp3) is 0.227. The second-order valence-electron chi connectivity index (χ2n) is 6.66. The Hall–Kier alpha value is -3.16. The Labute approximate surface area is 178 Å². The van der Waals surface area contributed by atoms with Crippen molar-refractivity contribution in [2.24, 2.45) is 0 Å². The van der Waals surface area contributed by atoms with Crippen LogP contribution in [0.4, 0.5) is 0 Å². The molecule has 3 rings (SSSR count). The smallest absolute Gasteiger partial charge is 0.308 e. The third kappa shape index (κ3) is 4.37. The number of Topliss-reactive ketones (excluding diaryl/α,β-unsaturated/α-hetero) is 1. The Morgan fingerprint density at radius 2 is 1.87 bits per heavy atom. The highest BCUT2D eigenvalue weighted by Crippen LogP contribution is 2.40. The molecule has 1 heterocycles. The molecule has 7 nitrogen and oxygen atoms in total. The van der Waals surface area contributed by atoms with Gasteiger partial charge >= 0.3 is 5.97 Å². The van der Waals surface area contributed by atoms with Crippen LogP contribution in [0.25, 0.3) is 5.76 Å². The van der Waals surface area contributed by atoms with Gasteiger partial charge in [0.05, 0.1) is 18.2 Å². The van der Waals surface area contributed by atoms with E-state index in [9.17, 15) is 19.5 Å². The summed E-state index contributed by atoms with van der Waals surface area (Å²) >= 11 is 5.91. The van der Waals surface area contributed by atoms with Crippen molar-refractivity contribution in [3.8, 4) is 5.75 Å². The number of aliphatic hydroxyl groups is 1. The van der Waals surface area contributed by atoms with Gasteiger partial charge in [0.2, 0.25) is 0 Å². The summed E-state index contributed by atoms with van der Waals surface area (Å²) in [6.45, 7) is 1.62. The van der Waals surface area contributed by atoms with E-state index in [-0.39, 0.29) is 30.2 Å². The molecule has 0 aliphatic carbocycles. The Bertz CT molecular complexity index is 1010. The lowest BCUT2D eigenvalue weighted by atomic mass is 9.95. The number of aliphatic hydroxyl groups excluding tert-OH is 1. The molecule has 0 spiro atoms. The van der Waals surface area contributed by atoms with Crippen LogP contribution in [0.3, 0.4) is 0 Å². The van der Waals surface area contributed by atoms with Crippen molar-refractivity contribution in [1.29, 1.82) is 0 Å². The van der Waals surface area contributed by atoms with Crippen LogP contribution in [-0.4, -0.2) is 47.9 Å². The molecular formula is C22H20ClNO6. The fourth-order valence-corrected chi connectivity index (χ4v) is 3.45. The highest BCUT2D eigenvalue weighted by molar-refractivity contribution is 6.46. The van der Waals surface area contributed by atoms with Gasteiger partial charge in [0, 0.05) is 31.2 Å². The summed E-state index contributed by atoms with van der Waals surface area (Å²) in [5, 5.41) is 11.4. The number of hydrogen-bond acceptors (Lipinski definition) is 6. The molecule has 0 saturated carbocycles. The molecule has 1 atom stereocenters. The maximum Gasteiger partial charge on any atom is 0.308 e. The first kappa shape index (κ1) is 21.5. The van der Waals surface area contributed by atoms with E-state index in [1.54, 1.807) is 48.5 Å². The average molecular weight is 430 g/mol. The number of carbonyl (C=O) groups is 3. The van der Waals surface area contributed by atoms with Gasteiger partial charge in [0.25, 0.3) is 11.7 Å². The van der Waals surface area contributed by atoms with Crippen LogP contribution in [0.1, 0.15) is 24.1 Å². The molecule has 1 fully saturated rings. The number of benzene rings is 2. The standard InChI is InChI=1S/C22H20ClNO6/c1-13(25)30-17-5-3-4-15(12-17)19-18(20(26)14-6-8-16(23)9-7-14)21(27)22(28)24(19)10-11-29-2/h3-9,12,19,26H,10-11H2,1-2H3/b20-18-. The van der Waals surface area contributed by atoms with Gasteiger partial charge in [-0.05, 0) is 42.0 Å². The molecule has 1 aliphatic heterocycles. The number of likely N-dealkylation sites (tertiary alicyclic amines) is 1. The molecule has 1 N–H and O–H groups in total. The number of nitrogens with zero attached hydrogens (tertiary/aromatic N) is 1. The van der Waals surface area contributed by atoms with Crippen LogP contribution in [0, 0.1) is 0 Å². The first-order valence-corrected chi connectivity index (χ1v) is 9.53. The van der Waals surface area contributed by atoms with Crippen LogP contribution >= 0.6 is 11.6 Å². The zero-order valence-electron chi connectivity index (χ0n) is 16.4. The third-order valence-corrected chi connectivity index (χ3v) is 4.88. The molecule has 30 heavy (non-hydrogen) atoms. The van der Waals surface area contributed by atoms with Crippen molar-refractivity contribution in [2.45, 2.75) is 13.0 Å². The first-order chi connectivity index (χ1) is 14.3. The molecule has 1 unspecified atom stereocenters. The van der Waals surface area contributed by atoms with Crippen molar-refractivity contribution in [3.63, 3.8) is 0 Å². The molecule has 1 aliphatic rings. The van der Waals surface area contributed by atoms with E-state index in [4.69, 9.17) is 21.1 Å². The Balaban J connectivity index is 2.15. The summed E-state index contributed by atoms with van der Waals surface area (Å²) < 4.78 is 10.2. The summed E-state index contributed by atoms with van der Waals surface area (Å²) in [5.41, 5.74) is 0.809. The lowest BCUT2D eigenvalue weighted by Gasteiger charge is -2.25. The predicted octanol–water partition coefficient (Wildman–Crippen LogP) is 3.33. The molecule has 2 aromatic rings. The van der Waals surface area contributed by atoms with Gasteiger partial charge in [-0.25, -0.2) is 0 Å². The normalized spacial score (nSPS) is 18.0.